The summed E-state index contributed by atoms with van der Waals surface area (Å²) >= 11 is 0. The van der Waals surface area contributed by atoms with Gasteiger partial charge in [0.2, 0.25) is 0 Å². The maximum absolute atomic E-state index is 9.54. The fourth-order valence-corrected chi connectivity index (χ4v) is 2.69. The molecule has 0 bridgehead atoms. The molecule has 0 fully saturated rings. The van der Waals surface area contributed by atoms with Gasteiger partial charge in [-0.15, -0.1) is 0 Å². The van der Waals surface area contributed by atoms with E-state index in [1.54, 1.807) is 14.2 Å². The van der Waals surface area contributed by atoms with Crippen LogP contribution in [0.25, 0.3) is 22.4 Å². The SMILES string of the molecule is COc1cccc(-c2cc(-c3ccccc3OC)c(C#N)c(N)n2)c1. The molecule has 0 aliphatic rings. The van der Waals surface area contributed by atoms with Gasteiger partial charge in [0, 0.05) is 16.7 Å². The quantitative estimate of drug-likeness (QED) is 0.784. The minimum Gasteiger partial charge on any atom is -0.497 e. The summed E-state index contributed by atoms with van der Waals surface area (Å²) in [6.07, 6.45) is 0. The third-order valence-corrected chi connectivity index (χ3v) is 3.92. The normalized spacial score (nSPS) is 10.1. The van der Waals surface area contributed by atoms with E-state index in [1.807, 2.05) is 54.6 Å². The second-order valence-corrected chi connectivity index (χ2v) is 5.36. The number of hydrogen-bond donors (Lipinski definition) is 1. The van der Waals surface area contributed by atoms with Crippen LogP contribution >= 0.6 is 0 Å². The highest BCUT2D eigenvalue weighted by molar-refractivity contribution is 5.83. The number of methoxy groups -OCH3 is 2. The Morgan fingerprint density at radius 1 is 0.960 bits per heavy atom. The molecule has 0 saturated carbocycles. The van der Waals surface area contributed by atoms with Gasteiger partial charge in [-0.3, -0.25) is 0 Å². The number of anilines is 1. The van der Waals surface area contributed by atoms with Crippen LogP contribution in [0.5, 0.6) is 11.5 Å². The highest BCUT2D eigenvalue weighted by Crippen LogP contribution is 2.36. The summed E-state index contributed by atoms with van der Waals surface area (Å²) < 4.78 is 10.7. The van der Waals surface area contributed by atoms with Gasteiger partial charge in [0.05, 0.1) is 19.9 Å². The van der Waals surface area contributed by atoms with Crippen molar-refractivity contribution < 1.29 is 9.47 Å². The topological polar surface area (TPSA) is 81.2 Å². The van der Waals surface area contributed by atoms with Crippen molar-refractivity contribution in [3.05, 3.63) is 60.2 Å². The lowest BCUT2D eigenvalue weighted by Crippen LogP contribution is -2.00. The molecular weight excluding hydrogens is 314 g/mol. The van der Waals surface area contributed by atoms with Gasteiger partial charge in [0.15, 0.2) is 0 Å². The molecule has 0 aliphatic heterocycles. The van der Waals surface area contributed by atoms with E-state index in [9.17, 15) is 5.26 Å². The van der Waals surface area contributed by atoms with Gasteiger partial charge in [0.25, 0.3) is 0 Å². The summed E-state index contributed by atoms with van der Waals surface area (Å²) in [5.74, 6) is 1.57. The zero-order valence-corrected chi connectivity index (χ0v) is 14.0. The van der Waals surface area contributed by atoms with E-state index >= 15 is 0 Å². The summed E-state index contributed by atoms with van der Waals surface area (Å²) in [4.78, 5) is 4.39. The Morgan fingerprint density at radius 2 is 1.76 bits per heavy atom. The molecule has 0 radical (unpaired) electrons. The van der Waals surface area contributed by atoms with Crippen LogP contribution in [0, 0.1) is 11.3 Å². The van der Waals surface area contributed by atoms with Crippen molar-refractivity contribution in [1.82, 2.24) is 4.98 Å². The molecule has 0 unspecified atom stereocenters. The van der Waals surface area contributed by atoms with Gasteiger partial charge in [-0.25, -0.2) is 4.98 Å². The van der Waals surface area contributed by atoms with Gasteiger partial charge in [-0.05, 0) is 24.3 Å². The number of para-hydroxylation sites is 1. The molecule has 5 nitrogen and oxygen atoms in total. The van der Waals surface area contributed by atoms with E-state index in [2.05, 4.69) is 11.1 Å². The van der Waals surface area contributed by atoms with Crippen molar-refractivity contribution in [1.29, 1.82) is 5.26 Å². The van der Waals surface area contributed by atoms with E-state index in [1.165, 1.54) is 0 Å². The van der Waals surface area contributed by atoms with Gasteiger partial charge in [-0.1, -0.05) is 30.3 Å². The predicted octanol–water partition coefficient (Wildman–Crippen LogP) is 3.89. The minimum absolute atomic E-state index is 0.184. The van der Waals surface area contributed by atoms with Crippen LogP contribution in [0.4, 0.5) is 5.82 Å². The van der Waals surface area contributed by atoms with Gasteiger partial charge in [0.1, 0.15) is 28.9 Å². The van der Waals surface area contributed by atoms with E-state index in [-0.39, 0.29) is 5.82 Å². The number of nitrogen functional groups attached to an aromatic ring is 1. The number of aromatic nitrogens is 1. The molecule has 5 heteroatoms. The van der Waals surface area contributed by atoms with Crippen molar-refractivity contribution in [2.45, 2.75) is 0 Å². The summed E-state index contributed by atoms with van der Waals surface area (Å²) in [7, 11) is 3.21. The van der Waals surface area contributed by atoms with Crippen molar-refractivity contribution in [3.8, 4) is 40.0 Å². The summed E-state index contributed by atoms with van der Waals surface area (Å²) in [5, 5.41) is 9.54. The maximum atomic E-state index is 9.54. The molecule has 0 aliphatic carbocycles. The molecule has 2 aromatic carbocycles. The Kier molecular flexibility index (Phi) is 4.53. The number of nitrogens with zero attached hydrogens (tertiary/aromatic N) is 2. The van der Waals surface area contributed by atoms with Crippen LogP contribution < -0.4 is 15.2 Å². The summed E-state index contributed by atoms with van der Waals surface area (Å²) in [5.41, 5.74) is 9.39. The van der Waals surface area contributed by atoms with Crippen LogP contribution in [-0.4, -0.2) is 19.2 Å². The Hall–Kier alpha value is -3.52. The largest absolute Gasteiger partial charge is 0.497 e. The first-order chi connectivity index (χ1) is 12.2. The standard InChI is InChI=1S/C20H17N3O2/c1-24-14-7-5-6-13(10-14)18-11-16(17(12-21)20(22)23-18)15-8-3-4-9-19(15)25-2/h3-11H,1-2H3,(H2,22,23). The average Bonchev–Trinajstić information content (AvgIpc) is 2.67. The minimum atomic E-state index is 0.184. The molecule has 0 atom stereocenters. The fourth-order valence-electron chi connectivity index (χ4n) is 2.69. The van der Waals surface area contributed by atoms with Gasteiger partial charge >= 0.3 is 0 Å². The first kappa shape index (κ1) is 16.3. The van der Waals surface area contributed by atoms with Gasteiger partial charge in [-0.2, -0.15) is 5.26 Å². The summed E-state index contributed by atoms with van der Waals surface area (Å²) in [6.45, 7) is 0. The molecule has 0 spiro atoms. The molecule has 1 heterocycles. The van der Waals surface area contributed by atoms with Crippen molar-refractivity contribution >= 4 is 5.82 Å². The smallest absolute Gasteiger partial charge is 0.142 e. The summed E-state index contributed by atoms with van der Waals surface area (Å²) in [6, 6.07) is 19.0. The van der Waals surface area contributed by atoms with E-state index in [0.29, 0.717) is 22.6 Å². The highest BCUT2D eigenvalue weighted by atomic mass is 16.5. The molecule has 3 aromatic rings. The molecule has 25 heavy (non-hydrogen) atoms. The molecular formula is C20H17N3O2. The average molecular weight is 331 g/mol. The zero-order valence-electron chi connectivity index (χ0n) is 14.0. The molecule has 0 saturated heterocycles. The Balaban J connectivity index is 2.25. The maximum Gasteiger partial charge on any atom is 0.142 e. The Bertz CT molecular complexity index is 961. The number of rotatable bonds is 4. The second kappa shape index (κ2) is 6.93. The van der Waals surface area contributed by atoms with Gasteiger partial charge < -0.3 is 15.2 Å². The number of pyridine rings is 1. The lowest BCUT2D eigenvalue weighted by Gasteiger charge is -2.13. The fraction of sp³-hybridized carbons (Fsp3) is 0.100. The second-order valence-electron chi connectivity index (χ2n) is 5.36. The molecule has 2 N–H and O–H groups in total. The van der Waals surface area contributed by atoms with Crippen LogP contribution in [0.15, 0.2) is 54.6 Å². The first-order valence-corrected chi connectivity index (χ1v) is 7.66. The zero-order chi connectivity index (χ0) is 17.8. The number of ether oxygens (including phenoxy) is 2. The van der Waals surface area contributed by atoms with Crippen LogP contribution in [0.3, 0.4) is 0 Å². The third-order valence-electron chi connectivity index (χ3n) is 3.92. The molecule has 3 rings (SSSR count). The van der Waals surface area contributed by atoms with E-state index < -0.39 is 0 Å². The molecule has 1 aromatic heterocycles. The van der Waals surface area contributed by atoms with Crippen molar-refractivity contribution in [3.63, 3.8) is 0 Å². The first-order valence-electron chi connectivity index (χ1n) is 7.66. The number of hydrogen-bond acceptors (Lipinski definition) is 5. The molecule has 0 amide bonds. The lowest BCUT2D eigenvalue weighted by molar-refractivity contribution is 0.415. The van der Waals surface area contributed by atoms with Crippen LogP contribution in [-0.2, 0) is 0 Å². The van der Waals surface area contributed by atoms with E-state index in [0.717, 1.165) is 16.9 Å². The monoisotopic (exact) mass is 331 g/mol. The Labute approximate surface area is 146 Å². The highest BCUT2D eigenvalue weighted by Gasteiger charge is 2.16. The van der Waals surface area contributed by atoms with Crippen molar-refractivity contribution in [2.75, 3.05) is 20.0 Å². The third kappa shape index (κ3) is 3.10. The van der Waals surface area contributed by atoms with E-state index in [4.69, 9.17) is 15.2 Å². The Morgan fingerprint density at radius 3 is 2.48 bits per heavy atom. The van der Waals surface area contributed by atoms with Crippen LogP contribution in [0.1, 0.15) is 5.56 Å². The predicted molar refractivity (Wildman–Crippen MR) is 97.3 cm³/mol. The van der Waals surface area contributed by atoms with Crippen molar-refractivity contribution in [2.24, 2.45) is 0 Å². The number of nitrogens with two attached hydrogens (primary N) is 1. The number of nitriles is 1. The molecule has 124 valence electrons. The number of benzene rings is 2. The van der Waals surface area contributed by atoms with Crippen LogP contribution in [0.2, 0.25) is 0 Å². The lowest BCUT2D eigenvalue weighted by atomic mass is 9.97.